The van der Waals surface area contributed by atoms with Crippen LogP contribution < -0.4 is 15.4 Å². The monoisotopic (exact) mass is 766 g/mol. The molecule has 4 N–H and O–H groups in total. The zero-order valence-corrected chi connectivity index (χ0v) is 30.7. The summed E-state index contributed by atoms with van der Waals surface area (Å²) >= 11 is 1.57. The van der Waals surface area contributed by atoms with Gasteiger partial charge >= 0.3 is 0 Å². The van der Waals surface area contributed by atoms with E-state index in [9.17, 15) is 27.7 Å². The Morgan fingerprint density at radius 1 is 0.889 bits per heavy atom. The third-order valence-electron chi connectivity index (χ3n) is 7.66. The number of nitrogens with one attached hydrogen (secondary N) is 2. The molecule has 15 heteroatoms. The Hall–Kier alpha value is -5.90. The van der Waals surface area contributed by atoms with Gasteiger partial charge in [-0.25, -0.2) is 9.97 Å². The number of benzene rings is 3. The van der Waals surface area contributed by atoms with Crippen LogP contribution in [0.3, 0.4) is 0 Å². The van der Waals surface area contributed by atoms with Gasteiger partial charge in [0.2, 0.25) is 5.91 Å². The lowest BCUT2D eigenvalue weighted by molar-refractivity contribution is -0.116. The molecule has 0 radical (unpaired) electrons. The van der Waals surface area contributed by atoms with Crippen molar-refractivity contribution in [3.63, 3.8) is 0 Å². The molecule has 0 fully saturated rings. The molecule has 0 unspecified atom stereocenters. The quantitative estimate of drug-likeness (QED) is 0.0249. The number of hydrogen-bond donors (Lipinski definition) is 4. The molecule has 2 aromatic heterocycles. The maximum absolute atomic E-state index is 12.7. The first-order chi connectivity index (χ1) is 26.1. The molecule has 3 aromatic carbocycles. The van der Waals surface area contributed by atoms with Gasteiger partial charge in [-0.1, -0.05) is 48.5 Å². The van der Waals surface area contributed by atoms with Gasteiger partial charge in [0.1, 0.15) is 17.2 Å². The Morgan fingerprint density at radius 2 is 1.65 bits per heavy atom. The molecule has 13 nitrogen and oxygen atoms in total. The third kappa shape index (κ3) is 12.6. The summed E-state index contributed by atoms with van der Waals surface area (Å²) in [5, 5.41) is 23.1. The Labute approximate surface area is 317 Å². The van der Waals surface area contributed by atoms with Gasteiger partial charge in [0, 0.05) is 42.4 Å². The molecular weight excluding hydrogens is 729 g/mol. The summed E-state index contributed by atoms with van der Waals surface area (Å²) < 4.78 is 38.5. The fourth-order valence-electron chi connectivity index (χ4n) is 4.92. The van der Waals surface area contributed by atoms with E-state index in [4.69, 9.17) is 9.72 Å². The maximum atomic E-state index is 12.7. The molecule has 278 valence electrons. The van der Waals surface area contributed by atoms with Gasteiger partial charge in [0.05, 0.1) is 29.3 Å². The van der Waals surface area contributed by atoms with Gasteiger partial charge in [0.25, 0.3) is 16.0 Å². The molecule has 2 amide bonds. The number of phenols is 1. The number of rotatable bonds is 18. The van der Waals surface area contributed by atoms with E-state index < -0.39 is 10.1 Å². The lowest BCUT2D eigenvalue weighted by Crippen LogP contribution is -2.29. The van der Waals surface area contributed by atoms with Crippen LogP contribution >= 0.6 is 11.8 Å². The summed E-state index contributed by atoms with van der Waals surface area (Å²) in [5.41, 5.74) is 3.05. The smallest absolute Gasteiger partial charge is 0.294 e. The van der Waals surface area contributed by atoms with Crippen LogP contribution in [0.1, 0.15) is 39.3 Å². The highest BCUT2D eigenvalue weighted by molar-refractivity contribution is 7.98. The molecule has 0 atom stereocenters. The lowest BCUT2D eigenvalue weighted by Gasteiger charge is -2.11. The topological polar surface area (TPSA) is 193 Å². The van der Waals surface area contributed by atoms with Gasteiger partial charge in [-0.15, -0.1) is 16.9 Å². The molecule has 0 aliphatic rings. The third-order valence-corrected chi connectivity index (χ3v) is 9.66. The van der Waals surface area contributed by atoms with Crippen molar-refractivity contribution in [3.8, 4) is 11.5 Å². The first kappa shape index (κ1) is 39.3. The molecule has 5 aromatic rings. The van der Waals surface area contributed by atoms with Crippen molar-refractivity contribution < 1.29 is 32.4 Å². The number of azo groups is 1. The summed E-state index contributed by atoms with van der Waals surface area (Å²) in [6.07, 6.45) is 5.56. The maximum Gasteiger partial charge on any atom is 0.294 e. The zero-order valence-electron chi connectivity index (χ0n) is 29.0. The van der Waals surface area contributed by atoms with Gasteiger partial charge in [-0.05, 0) is 78.2 Å². The van der Waals surface area contributed by atoms with E-state index in [1.807, 2.05) is 54.6 Å². The highest BCUT2D eigenvalue weighted by Crippen LogP contribution is 2.26. The van der Waals surface area contributed by atoms with Gasteiger partial charge in [-0.2, -0.15) is 13.5 Å². The predicted octanol–water partition coefficient (Wildman–Crippen LogP) is 6.58. The van der Waals surface area contributed by atoms with Crippen LogP contribution in [-0.2, 0) is 33.6 Å². The lowest BCUT2D eigenvalue weighted by atomic mass is 10.2. The number of carbonyl (C=O) groups is 2. The van der Waals surface area contributed by atoms with Crippen molar-refractivity contribution in [1.82, 2.24) is 20.6 Å². The average Bonchev–Trinajstić information content (AvgIpc) is 3.17. The summed E-state index contributed by atoms with van der Waals surface area (Å²) in [6, 6.07) is 29.6. The van der Waals surface area contributed by atoms with Crippen LogP contribution in [0, 0.1) is 0 Å². The number of phenolic OH excluding ortho intramolecular Hbond substituents is 1. The van der Waals surface area contributed by atoms with E-state index in [1.165, 1.54) is 42.6 Å². The summed E-state index contributed by atoms with van der Waals surface area (Å²) in [6.45, 7) is 0.968. The largest absolute Gasteiger partial charge is 0.508 e. The minimum atomic E-state index is -4.39. The molecule has 0 aliphatic heterocycles. The van der Waals surface area contributed by atoms with Crippen molar-refractivity contribution in [2.45, 2.75) is 34.9 Å². The Bertz CT molecular complexity index is 2180. The number of thioether (sulfide) groups is 1. The van der Waals surface area contributed by atoms with Gasteiger partial charge in [-0.3, -0.25) is 14.1 Å². The van der Waals surface area contributed by atoms with Crippen molar-refractivity contribution >= 4 is 45.6 Å². The number of aromatic hydroxyl groups is 1. The Balaban J connectivity index is 1.07. The second-order valence-electron chi connectivity index (χ2n) is 11.7. The number of ether oxygens (including phenoxy) is 1. The number of nitrogens with zero attached hydrogens (tertiary/aromatic N) is 4. The van der Waals surface area contributed by atoms with Crippen LogP contribution in [-0.4, -0.2) is 59.6 Å². The number of carbonyl (C=O) groups excluding carboxylic acids is 2. The van der Waals surface area contributed by atoms with E-state index in [0.29, 0.717) is 55.3 Å². The standard InChI is InChI=1S/C39H38N6O7S2/c46-32-13-15-33(16-14-32)53-27-31-12-18-35(52-24-21-28-7-2-1-3-8-28)34(44-31)17-20-38(47)40-22-6-23-41-39(48)30-11-19-37(42-25-30)45-43-26-29-9-4-5-10-36(29)54(49,50)51/h1-5,7-20,25,46H,6,21-24,26-27H2,(H,40,47)(H,41,48)(H,49,50,51). The predicted molar refractivity (Wildman–Crippen MR) is 205 cm³/mol. The second kappa shape index (κ2) is 19.8. The molecule has 0 spiro atoms. The van der Waals surface area contributed by atoms with Crippen molar-refractivity contribution in [3.05, 3.63) is 143 Å². The first-order valence-electron chi connectivity index (χ1n) is 16.9. The molecule has 0 aliphatic carbocycles. The minimum absolute atomic E-state index is 0.0941. The Morgan fingerprint density at radius 3 is 2.41 bits per heavy atom. The van der Waals surface area contributed by atoms with Crippen molar-refractivity contribution in [1.29, 1.82) is 0 Å². The van der Waals surface area contributed by atoms with E-state index in [1.54, 1.807) is 36.0 Å². The fraction of sp³-hybridized carbons (Fsp3) is 0.179. The van der Waals surface area contributed by atoms with Gasteiger partial charge < -0.3 is 20.5 Å². The molecule has 0 bridgehead atoms. The summed E-state index contributed by atoms with van der Waals surface area (Å²) in [4.78, 5) is 34.9. The number of aromatic nitrogens is 2. The molecule has 2 heterocycles. The van der Waals surface area contributed by atoms with E-state index in [2.05, 4.69) is 25.8 Å². The van der Waals surface area contributed by atoms with Crippen molar-refractivity contribution in [2.24, 2.45) is 10.2 Å². The summed E-state index contributed by atoms with van der Waals surface area (Å²) in [7, 11) is -4.39. The SMILES string of the molecule is O=C(C=Cc1nc(CSc2ccc(O)cc2)ccc1OCCc1ccccc1)NCCCNC(=O)c1ccc(N=NCc2ccccc2S(=O)(=O)O)nc1. The Kier molecular flexibility index (Phi) is 14.4. The van der Waals surface area contributed by atoms with Gasteiger partial charge in [0.15, 0.2) is 5.82 Å². The van der Waals surface area contributed by atoms with Crippen LogP contribution in [0.5, 0.6) is 11.5 Å². The molecule has 5 rings (SSSR count). The zero-order chi connectivity index (χ0) is 38.2. The highest BCUT2D eigenvalue weighted by atomic mass is 32.2. The first-order valence-corrected chi connectivity index (χ1v) is 19.3. The number of pyridine rings is 2. The minimum Gasteiger partial charge on any atom is -0.508 e. The van der Waals surface area contributed by atoms with Crippen LogP contribution in [0.25, 0.3) is 6.08 Å². The molecule has 0 saturated heterocycles. The average molecular weight is 767 g/mol. The normalized spacial score (nSPS) is 11.5. The van der Waals surface area contributed by atoms with Crippen LogP contribution in [0.2, 0.25) is 0 Å². The van der Waals surface area contributed by atoms with Crippen LogP contribution in [0.4, 0.5) is 5.82 Å². The molecule has 0 saturated carbocycles. The molecular formula is C39H38N6O7S2. The van der Waals surface area contributed by atoms with Crippen LogP contribution in [0.15, 0.2) is 135 Å². The molecule has 54 heavy (non-hydrogen) atoms. The second-order valence-corrected chi connectivity index (χ2v) is 14.1. The highest BCUT2D eigenvalue weighted by Gasteiger charge is 2.14. The van der Waals surface area contributed by atoms with E-state index in [-0.39, 0.29) is 40.4 Å². The number of amides is 2. The van der Waals surface area contributed by atoms with E-state index in [0.717, 1.165) is 16.2 Å². The summed E-state index contributed by atoms with van der Waals surface area (Å²) in [5.74, 6) is 0.883. The number of hydrogen-bond acceptors (Lipinski definition) is 11. The fourth-order valence-corrected chi connectivity index (χ4v) is 6.43. The van der Waals surface area contributed by atoms with E-state index >= 15 is 0 Å². The van der Waals surface area contributed by atoms with Crippen molar-refractivity contribution in [2.75, 3.05) is 19.7 Å².